The molecule has 1 aliphatic rings. The van der Waals surface area contributed by atoms with Crippen molar-refractivity contribution in [3.8, 4) is 5.75 Å². The van der Waals surface area contributed by atoms with Gasteiger partial charge >= 0.3 is 5.97 Å². The summed E-state index contributed by atoms with van der Waals surface area (Å²) in [7, 11) is 1.69. The molecule has 0 aliphatic heterocycles. The molecule has 1 aliphatic carbocycles. The third-order valence-electron chi connectivity index (χ3n) is 4.47. The third-order valence-corrected chi connectivity index (χ3v) is 4.47. The van der Waals surface area contributed by atoms with Crippen molar-refractivity contribution in [1.82, 2.24) is 5.32 Å². The number of carboxylic acid groups (broad SMARTS) is 1. The molecule has 2 aromatic rings. The van der Waals surface area contributed by atoms with Crippen LogP contribution in [-0.4, -0.2) is 24.2 Å². The largest absolute Gasteiger partial charge is 0.497 e. The van der Waals surface area contributed by atoms with Crippen molar-refractivity contribution < 1.29 is 14.6 Å². The quantitative estimate of drug-likeness (QED) is 0.858. The zero-order valence-electron chi connectivity index (χ0n) is 13.2. The van der Waals surface area contributed by atoms with E-state index in [-0.39, 0.29) is 0 Å². The number of carbonyl (C=O) groups is 1. The fraction of sp³-hybridized carbons (Fsp3) is 0.316. The number of aromatic carboxylic acids is 1. The fourth-order valence-electron chi connectivity index (χ4n) is 3.03. The molecule has 4 nitrogen and oxygen atoms in total. The lowest BCUT2D eigenvalue weighted by molar-refractivity contribution is 0.0696. The number of nitrogens with one attached hydrogen (secondary N) is 1. The van der Waals surface area contributed by atoms with Gasteiger partial charge in [0.15, 0.2) is 0 Å². The summed E-state index contributed by atoms with van der Waals surface area (Å²) in [6.45, 7) is 0.705. The Morgan fingerprint density at radius 3 is 2.74 bits per heavy atom. The van der Waals surface area contributed by atoms with Crippen LogP contribution in [0.15, 0.2) is 48.5 Å². The first-order valence-electron chi connectivity index (χ1n) is 7.85. The monoisotopic (exact) mass is 311 g/mol. The van der Waals surface area contributed by atoms with Crippen molar-refractivity contribution >= 4 is 5.97 Å². The average molecular weight is 311 g/mol. The van der Waals surface area contributed by atoms with E-state index in [0.29, 0.717) is 24.1 Å². The Morgan fingerprint density at radius 2 is 2.00 bits per heavy atom. The van der Waals surface area contributed by atoms with Crippen molar-refractivity contribution in [2.24, 2.45) is 0 Å². The Labute approximate surface area is 136 Å². The Balaban J connectivity index is 1.50. The van der Waals surface area contributed by atoms with Crippen molar-refractivity contribution in [3.63, 3.8) is 0 Å². The molecule has 4 heteroatoms. The number of rotatable bonds is 6. The van der Waals surface area contributed by atoms with Crippen molar-refractivity contribution in [3.05, 3.63) is 65.2 Å². The van der Waals surface area contributed by atoms with Gasteiger partial charge < -0.3 is 15.2 Å². The first-order valence-corrected chi connectivity index (χ1v) is 7.85. The minimum atomic E-state index is -0.881. The molecular weight excluding hydrogens is 290 g/mol. The summed E-state index contributed by atoms with van der Waals surface area (Å²) in [5.41, 5.74) is 2.68. The second-order valence-corrected chi connectivity index (χ2v) is 6.03. The molecule has 1 fully saturated rings. The molecule has 1 saturated carbocycles. The fourth-order valence-corrected chi connectivity index (χ4v) is 3.03. The van der Waals surface area contributed by atoms with Crippen LogP contribution in [-0.2, 0) is 6.54 Å². The molecule has 3 rings (SSSR count). The lowest BCUT2D eigenvalue weighted by Gasteiger charge is -2.36. The van der Waals surface area contributed by atoms with Gasteiger partial charge in [-0.25, -0.2) is 4.79 Å². The standard InChI is InChI=1S/C19H21NO3/c1-23-18-7-3-5-14(11-18)16-9-17(10-16)20-12-13-4-2-6-15(8-13)19(21)22/h2-8,11,16-17,20H,9-10,12H2,1H3,(H,21,22). The van der Waals surface area contributed by atoms with E-state index >= 15 is 0 Å². The maximum absolute atomic E-state index is 11.0. The van der Waals surface area contributed by atoms with E-state index in [2.05, 4.69) is 17.4 Å². The van der Waals surface area contributed by atoms with Crippen molar-refractivity contribution in [2.45, 2.75) is 31.3 Å². The highest BCUT2D eigenvalue weighted by molar-refractivity contribution is 5.87. The molecule has 2 N–H and O–H groups in total. The summed E-state index contributed by atoms with van der Waals surface area (Å²) in [5, 5.41) is 12.5. The van der Waals surface area contributed by atoms with Crippen LogP contribution in [0.3, 0.4) is 0 Å². The van der Waals surface area contributed by atoms with E-state index in [1.165, 1.54) is 5.56 Å². The van der Waals surface area contributed by atoms with Crippen LogP contribution >= 0.6 is 0 Å². The summed E-state index contributed by atoms with van der Waals surface area (Å²) < 4.78 is 5.27. The molecule has 0 spiro atoms. The summed E-state index contributed by atoms with van der Waals surface area (Å²) in [4.78, 5) is 11.0. The topological polar surface area (TPSA) is 58.6 Å². The van der Waals surface area contributed by atoms with Crippen LogP contribution in [0.4, 0.5) is 0 Å². The summed E-state index contributed by atoms with van der Waals surface area (Å²) >= 11 is 0. The normalized spacial score (nSPS) is 19.9. The van der Waals surface area contributed by atoms with E-state index in [0.717, 1.165) is 24.2 Å². The molecule has 120 valence electrons. The van der Waals surface area contributed by atoms with Crippen molar-refractivity contribution in [2.75, 3.05) is 7.11 Å². The number of carboxylic acids is 1. The van der Waals surface area contributed by atoms with Gasteiger partial charge in [-0.1, -0.05) is 24.3 Å². The predicted molar refractivity (Wildman–Crippen MR) is 89.0 cm³/mol. The molecule has 0 bridgehead atoms. The second kappa shape index (κ2) is 6.84. The Kier molecular flexibility index (Phi) is 4.63. The molecule has 23 heavy (non-hydrogen) atoms. The van der Waals surface area contributed by atoms with Gasteiger partial charge in [0.25, 0.3) is 0 Å². The van der Waals surface area contributed by atoms with Crippen LogP contribution in [0.25, 0.3) is 0 Å². The van der Waals surface area contributed by atoms with Crippen LogP contribution in [0.1, 0.15) is 40.2 Å². The van der Waals surface area contributed by atoms with E-state index in [1.807, 2.05) is 18.2 Å². The molecule has 0 radical (unpaired) electrons. The van der Waals surface area contributed by atoms with Crippen LogP contribution in [0.5, 0.6) is 5.75 Å². The SMILES string of the molecule is COc1cccc(C2CC(NCc3cccc(C(=O)O)c3)C2)c1. The van der Waals surface area contributed by atoms with Crippen LogP contribution < -0.4 is 10.1 Å². The number of methoxy groups -OCH3 is 1. The van der Waals surface area contributed by atoms with Gasteiger partial charge in [-0.15, -0.1) is 0 Å². The highest BCUT2D eigenvalue weighted by Crippen LogP contribution is 2.38. The van der Waals surface area contributed by atoms with Gasteiger partial charge in [-0.3, -0.25) is 0 Å². The van der Waals surface area contributed by atoms with Crippen LogP contribution in [0, 0.1) is 0 Å². The summed E-state index contributed by atoms with van der Waals surface area (Å²) in [6.07, 6.45) is 2.21. The van der Waals surface area contributed by atoms with Gasteiger partial charge in [0, 0.05) is 12.6 Å². The molecule has 0 aromatic heterocycles. The Bertz CT molecular complexity index is 693. The van der Waals surface area contributed by atoms with E-state index in [1.54, 1.807) is 25.3 Å². The van der Waals surface area contributed by atoms with E-state index < -0.39 is 5.97 Å². The van der Waals surface area contributed by atoms with Gasteiger partial charge in [0.1, 0.15) is 5.75 Å². The third kappa shape index (κ3) is 3.71. The molecule has 0 atom stereocenters. The first-order chi connectivity index (χ1) is 11.2. The first kappa shape index (κ1) is 15.6. The highest BCUT2D eigenvalue weighted by atomic mass is 16.5. The molecule has 0 saturated heterocycles. The van der Waals surface area contributed by atoms with Gasteiger partial charge in [-0.05, 0) is 54.2 Å². The summed E-state index contributed by atoms with van der Waals surface area (Å²) in [6, 6.07) is 15.8. The lowest BCUT2D eigenvalue weighted by Crippen LogP contribution is -2.39. The molecule has 0 amide bonds. The number of hydrogen-bond acceptors (Lipinski definition) is 3. The number of hydrogen-bond donors (Lipinski definition) is 2. The molecule has 0 heterocycles. The smallest absolute Gasteiger partial charge is 0.335 e. The minimum Gasteiger partial charge on any atom is -0.497 e. The lowest BCUT2D eigenvalue weighted by atomic mass is 9.76. The van der Waals surface area contributed by atoms with Gasteiger partial charge in [0.2, 0.25) is 0 Å². The second-order valence-electron chi connectivity index (χ2n) is 6.03. The van der Waals surface area contributed by atoms with Gasteiger partial charge in [-0.2, -0.15) is 0 Å². The predicted octanol–water partition coefficient (Wildman–Crippen LogP) is 3.43. The number of ether oxygens (including phenoxy) is 1. The minimum absolute atomic E-state index is 0.340. The molecule has 0 unspecified atom stereocenters. The van der Waals surface area contributed by atoms with Gasteiger partial charge in [0.05, 0.1) is 12.7 Å². The van der Waals surface area contributed by atoms with Crippen LogP contribution in [0.2, 0.25) is 0 Å². The van der Waals surface area contributed by atoms with E-state index in [4.69, 9.17) is 9.84 Å². The zero-order chi connectivity index (χ0) is 16.2. The maximum atomic E-state index is 11.0. The maximum Gasteiger partial charge on any atom is 0.335 e. The average Bonchev–Trinajstić information content (AvgIpc) is 2.54. The van der Waals surface area contributed by atoms with Crippen molar-refractivity contribution in [1.29, 1.82) is 0 Å². The Morgan fingerprint density at radius 1 is 1.22 bits per heavy atom. The summed E-state index contributed by atoms with van der Waals surface area (Å²) in [5.74, 6) is 0.603. The van der Waals surface area contributed by atoms with E-state index in [9.17, 15) is 4.79 Å². The molecule has 2 aromatic carbocycles. The Hall–Kier alpha value is -2.33. The molecular formula is C19H21NO3. The zero-order valence-corrected chi connectivity index (χ0v) is 13.2. The highest BCUT2D eigenvalue weighted by Gasteiger charge is 2.29. The number of benzene rings is 2.